The second-order valence-electron chi connectivity index (χ2n) is 5.39. The third-order valence-electron chi connectivity index (χ3n) is 4.12. The van der Waals surface area contributed by atoms with Gasteiger partial charge in [-0.05, 0) is 25.1 Å². The number of fused-ring (bicyclic) bond motifs is 3. The van der Waals surface area contributed by atoms with Crippen molar-refractivity contribution in [2.45, 2.75) is 6.92 Å². The average Bonchev–Trinajstić information content (AvgIpc) is 2.94. The number of esters is 1. The summed E-state index contributed by atoms with van der Waals surface area (Å²) in [6.07, 6.45) is 1.50. The molecule has 0 aliphatic carbocycles. The lowest BCUT2D eigenvalue weighted by Crippen LogP contribution is -2.11. The standard InChI is InChI=1S/C18H14N2O4/c1-3-24-18(22)12-9-19-13-6-7-15(21)20-14-8-10(23-2)4-5-11(14)16(12)17(13)20/h4-9H,3H2,1-2H3. The molecule has 1 aromatic carbocycles. The fourth-order valence-corrected chi connectivity index (χ4v) is 3.11. The molecule has 0 aliphatic heterocycles. The van der Waals surface area contributed by atoms with Gasteiger partial charge >= 0.3 is 5.97 Å². The highest BCUT2D eigenvalue weighted by molar-refractivity contribution is 6.20. The Morgan fingerprint density at radius 1 is 1.25 bits per heavy atom. The lowest BCUT2D eigenvalue weighted by atomic mass is 10.1. The molecule has 4 rings (SSSR count). The van der Waals surface area contributed by atoms with Crippen LogP contribution in [0.15, 0.2) is 41.3 Å². The molecule has 0 atom stereocenters. The highest BCUT2D eigenvalue weighted by Gasteiger charge is 2.21. The van der Waals surface area contributed by atoms with E-state index in [1.54, 1.807) is 36.6 Å². The molecule has 0 saturated heterocycles. The summed E-state index contributed by atoms with van der Waals surface area (Å²) in [5, 5.41) is 1.46. The second-order valence-corrected chi connectivity index (χ2v) is 5.39. The van der Waals surface area contributed by atoms with Crippen molar-refractivity contribution in [3.8, 4) is 5.75 Å². The maximum atomic E-state index is 12.4. The number of carbonyl (C=O) groups is 1. The molecule has 0 aliphatic rings. The van der Waals surface area contributed by atoms with Crippen LogP contribution in [-0.4, -0.2) is 29.1 Å². The van der Waals surface area contributed by atoms with Crippen molar-refractivity contribution in [2.75, 3.05) is 13.7 Å². The molecule has 0 saturated carbocycles. The van der Waals surface area contributed by atoms with Crippen molar-refractivity contribution in [1.29, 1.82) is 0 Å². The summed E-state index contributed by atoms with van der Waals surface area (Å²) in [7, 11) is 1.57. The lowest BCUT2D eigenvalue weighted by molar-refractivity contribution is 0.0528. The van der Waals surface area contributed by atoms with Gasteiger partial charge < -0.3 is 9.47 Å². The molecule has 0 spiro atoms. The highest BCUT2D eigenvalue weighted by Crippen LogP contribution is 2.34. The van der Waals surface area contributed by atoms with E-state index in [2.05, 4.69) is 4.98 Å². The fraction of sp³-hybridized carbons (Fsp3) is 0.167. The van der Waals surface area contributed by atoms with Crippen molar-refractivity contribution in [1.82, 2.24) is 9.38 Å². The van der Waals surface area contributed by atoms with Gasteiger partial charge in [0.2, 0.25) is 0 Å². The number of aromatic nitrogens is 2. The smallest absolute Gasteiger partial charge is 0.340 e. The zero-order valence-electron chi connectivity index (χ0n) is 13.2. The molecule has 0 bridgehead atoms. The Labute approximate surface area is 136 Å². The zero-order chi connectivity index (χ0) is 16.8. The minimum atomic E-state index is -0.451. The van der Waals surface area contributed by atoms with E-state index >= 15 is 0 Å². The number of hydrogen-bond acceptors (Lipinski definition) is 5. The third-order valence-corrected chi connectivity index (χ3v) is 4.12. The summed E-state index contributed by atoms with van der Waals surface area (Å²) < 4.78 is 12.0. The number of hydrogen-bond donors (Lipinski definition) is 0. The van der Waals surface area contributed by atoms with E-state index in [1.807, 2.05) is 6.07 Å². The maximum Gasteiger partial charge on any atom is 0.340 e. The first-order chi connectivity index (χ1) is 11.7. The van der Waals surface area contributed by atoms with E-state index in [0.717, 1.165) is 5.39 Å². The lowest BCUT2D eigenvalue weighted by Gasteiger charge is -2.05. The fourth-order valence-electron chi connectivity index (χ4n) is 3.11. The van der Waals surface area contributed by atoms with Crippen LogP contribution >= 0.6 is 0 Å². The number of carbonyl (C=O) groups excluding carboxylic acids is 1. The molecule has 6 nitrogen and oxygen atoms in total. The van der Waals surface area contributed by atoms with Gasteiger partial charge in [-0.1, -0.05) is 0 Å². The van der Waals surface area contributed by atoms with Crippen molar-refractivity contribution in [3.05, 3.63) is 52.4 Å². The summed E-state index contributed by atoms with van der Waals surface area (Å²) in [5.41, 5.74) is 2.12. The molecule has 0 amide bonds. The van der Waals surface area contributed by atoms with Gasteiger partial charge in [0, 0.05) is 29.1 Å². The van der Waals surface area contributed by atoms with Crippen LogP contribution in [0.3, 0.4) is 0 Å². The van der Waals surface area contributed by atoms with Gasteiger partial charge in [0.25, 0.3) is 5.56 Å². The Bertz CT molecular complexity index is 1150. The number of benzene rings is 1. The van der Waals surface area contributed by atoms with Gasteiger partial charge in [-0.15, -0.1) is 0 Å². The number of rotatable bonds is 3. The van der Waals surface area contributed by atoms with Crippen LogP contribution in [0.25, 0.3) is 27.3 Å². The SMILES string of the molecule is CCOC(=O)c1cnc2ccc(=O)n3c4cc(OC)ccc4c1c23. The van der Waals surface area contributed by atoms with Crippen LogP contribution in [0.2, 0.25) is 0 Å². The van der Waals surface area contributed by atoms with Crippen LogP contribution in [0.1, 0.15) is 17.3 Å². The molecule has 120 valence electrons. The Hall–Kier alpha value is -3.15. The summed E-state index contributed by atoms with van der Waals surface area (Å²) in [4.78, 5) is 29.1. The summed E-state index contributed by atoms with van der Waals surface area (Å²) >= 11 is 0. The molecule has 0 N–H and O–H groups in total. The normalized spacial score (nSPS) is 11.4. The van der Waals surface area contributed by atoms with Gasteiger partial charge in [-0.25, -0.2) is 4.79 Å². The van der Waals surface area contributed by atoms with Crippen LogP contribution in [0.4, 0.5) is 0 Å². The molecule has 0 fully saturated rings. The highest BCUT2D eigenvalue weighted by atomic mass is 16.5. The van der Waals surface area contributed by atoms with Crippen molar-refractivity contribution in [3.63, 3.8) is 0 Å². The van der Waals surface area contributed by atoms with E-state index in [1.165, 1.54) is 12.3 Å². The Morgan fingerprint density at radius 3 is 2.83 bits per heavy atom. The first kappa shape index (κ1) is 14.4. The molecule has 6 heteroatoms. The van der Waals surface area contributed by atoms with Gasteiger partial charge in [-0.2, -0.15) is 0 Å². The van der Waals surface area contributed by atoms with Crippen molar-refractivity contribution < 1.29 is 14.3 Å². The van der Waals surface area contributed by atoms with E-state index < -0.39 is 5.97 Å². The summed E-state index contributed by atoms with van der Waals surface area (Å²) in [5.74, 6) is 0.185. The van der Waals surface area contributed by atoms with Crippen LogP contribution < -0.4 is 10.3 Å². The minimum Gasteiger partial charge on any atom is -0.497 e. The monoisotopic (exact) mass is 322 g/mol. The molecule has 0 unspecified atom stereocenters. The average molecular weight is 322 g/mol. The first-order valence-corrected chi connectivity index (χ1v) is 7.56. The minimum absolute atomic E-state index is 0.182. The van der Waals surface area contributed by atoms with Gasteiger partial charge in [0.05, 0.1) is 35.8 Å². The van der Waals surface area contributed by atoms with Gasteiger partial charge in [0.15, 0.2) is 0 Å². The van der Waals surface area contributed by atoms with Crippen molar-refractivity contribution >= 4 is 33.3 Å². The second kappa shape index (κ2) is 5.19. The van der Waals surface area contributed by atoms with Crippen LogP contribution in [-0.2, 0) is 4.74 Å². The molecule has 0 radical (unpaired) electrons. The zero-order valence-corrected chi connectivity index (χ0v) is 13.2. The number of pyridine rings is 2. The van der Waals surface area contributed by atoms with E-state index in [0.29, 0.717) is 33.2 Å². The Morgan fingerprint density at radius 2 is 2.08 bits per heavy atom. The predicted octanol–water partition coefficient (Wildman–Crippen LogP) is 2.62. The quantitative estimate of drug-likeness (QED) is 0.542. The maximum absolute atomic E-state index is 12.4. The number of methoxy groups -OCH3 is 1. The molecular formula is C18H14N2O4. The predicted molar refractivity (Wildman–Crippen MR) is 90.2 cm³/mol. The topological polar surface area (TPSA) is 69.9 Å². The summed E-state index contributed by atoms with van der Waals surface area (Å²) in [6.45, 7) is 2.02. The number of nitrogens with zero attached hydrogens (tertiary/aromatic N) is 2. The number of ether oxygens (including phenoxy) is 2. The van der Waals surface area contributed by atoms with E-state index in [9.17, 15) is 9.59 Å². The van der Waals surface area contributed by atoms with Gasteiger partial charge in [0.1, 0.15) is 5.75 Å². The van der Waals surface area contributed by atoms with Crippen LogP contribution in [0.5, 0.6) is 5.75 Å². The Kier molecular flexibility index (Phi) is 3.13. The van der Waals surface area contributed by atoms with E-state index in [-0.39, 0.29) is 12.2 Å². The Balaban J connectivity index is 2.25. The largest absolute Gasteiger partial charge is 0.497 e. The summed E-state index contributed by atoms with van der Waals surface area (Å²) in [6, 6.07) is 8.56. The molecule has 24 heavy (non-hydrogen) atoms. The van der Waals surface area contributed by atoms with Crippen LogP contribution in [0, 0.1) is 0 Å². The van der Waals surface area contributed by atoms with Crippen molar-refractivity contribution in [2.24, 2.45) is 0 Å². The first-order valence-electron chi connectivity index (χ1n) is 7.56. The third kappa shape index (κ3) is 1.86. The molecule has 3 heterocycles. The van der Waals surface area contributed by atoms with E-state index in [4.69, 9.17) is 9.47 Å². The molecule has 4 aromatic rings. The molecule has 3 aromatic heterocycles. The van der Waals surface area contributed by atoms with Gasteiger partial charge in [-0.3, -0.25) is 14.2 Å². The molecular weight excluding hydrogens is 308 g/mol.